The Hall–Kier alpha value is -2.90. The van der Waals surface area contributed by atoms with Crippen molar-refractivity contribution in [2.45, 2.75) is 19.4 Å². The van der Waals surface area contributed by atoms with Gasteiger partial charge in [0.1, 0.15) is 11.4 Å². The van der Waals surface area contributed by atoms with E-state index in [0.717, 1.165) is 16.9 Å². The van der Waals surface area contributed by atoms with Gasteiger partial charge >= 0.3 is 0 Å². The number of carbonyl (C=O) groups excluding carboxylic acids is 2. The van der Waals surface area contributed by atoms with Gasteiger partial charge in [-0.15, -0.1) is 0 Å². The van der Waals surface area contributed by atoms with Gasteiger partial charge in [-0.1, -0.05) is 12.1 Å². The highest BCUT2D eigenvalue weighted by Gasteiger charge is 2.28. The van der Waals surface area contributed by atoms with Gasteiger partial charge in [-0.3, -0.25) is 9.59 Å². The van der Waals surface area contributed by atoms with E-state index in [4.69, 9.17) is 4.74 Å². The maximum absolute atomic E-state index is 12.4. The van der Waals surface area contributed by atoms with Gasteiger partial charge in [-0.25, -0.2) is 10.4 Å². The van der Waals surface area contributed by atoms with Gasteiger partial charge < -0.3 is 10.1 Å². The van der Waals surface area contributed by atoms with E-state index in [9.17, 15) is 9.59 Å². The summed E-state index contributed by atoms with van der Waals surface area (Å²) in [6.45, 7) is 1.94. The van der Waals surface area contributed by atoms with Crippen molar-refractivity contribution in [3.8, 4) is 5.75 Å². The standard InChI is InChI=1S/C15H19N5O3/c1-10-8-13(11-4-6-12(23-3)7-5-11)14(15(22)17-10)20(2)19-18-16-9-21/h4-7,9-10H,8H2,1-3H3,(H,17,22)(H,16,19,21). The van der Waals surface area contributed by atoms with Crippen molar-refractivity contribution < 1.29 is 14.3 Å². The Morgan fingerprint density at radius 2 is 2.09 bits per heavy atom. The molecule has 8 heteroatoms. The van der Waals surface area contributed by atoms with Crippen molar-refractivity contribution in [3.05, 3.63) is 35.5 Å². The lowest BCUT2D eigenvalue weighted by atomic mass is 9.93. The molecule has 23 heavy (non-hydrogen) atoms. The smallest absolute Gasteiger partial charge is 0.270 e. The molecule has 1 aliphatic heterocycles. The number of nitrogens with zero attached hydrogens (tertiary/aromatic N) is 3. The molecule has 2 N–H and O–H groups in total. The number of hydrogen-bond donors (Lipinski definition) is 2. The number of methoxy groups -OCH3 is 1. The minimum absolute atomic E-state index is 0.0155. The molecule has 1 aliphatic rings. The second kappa shape index (κ2) is 7.39. The first-order valence-electron chi connectivity index (χ1n) is 7.08. The maximum atomic E-state index is 12.4. The molecule has 1 aromatic rings. The Labute approximate surface area is 134 Å². The minimum Gasteiger partial charge on any atom is -0.497 e. The molecular formula is C15H19N5O3. The number of rotatable bonds is 6. The molecule has 1 heterocycles. The zero-order valence-electron chi connectivity index (χ0n) is 13.2. The van der Waals surface area contributed by atoms with Crippen molar-refractivity contribution in [2.75, 3.05) is 14.2 Å². The Morgan fingerprint density at radius 3 is 2.70 bits per heavy atom. The normalized spacial score (nSPS) is 17.9. The molecule has 0 saturated carbocycles. The summed E-state index contributed by atoms with van der Waals surface area (Å²) in [7, 11) is 3.20. The lowest BCUT2D eigenvalue weighted by Crippen LogP contribution is -2.41. The predicted octanol–water partition coefficient (Wildman–Crippen LogP) is 1.27. The molecule has 0 aromatic heterocycles. The molecule has 0 spiro atoms. The van der Waals surface area contributed by atoms with E-state index < -0.39 is 0 Å². The molecule has 0 bridgehead atoms. The maximum Gasteiger partial charge on any atom is 0.270 e. The van der Waals surface area contributed by atoms with Gasteiger partial charge in [-0.2, -0.15) is 0 Å². The number of ether oxygens (including phenoxy) is 1. The SMILES string of the molecule is COc1ccc(C2=C(N(C)/N=N\NC=O)C(=O)NC(C)C2)cc1. The van der Waals surface area contributed by atoms with Crippen LogP contribution in [0.4, 0.5) is 0 Å². The van der Waals surface area contributed by atoms with E-state index in [-0.39, 0.29) is 11.9 Å². The fraction of sp³-hybridized carbons (Fsp3) is 0.333. The molecule has 1 unspecified atom stereocenters. The Morgan fingerprint density at radius 1 is 1.39 bits per heavy atom. The Balaban J connectivity index is 2.42. The van der Waals surface area contributed by atoms with Gasteiger partial charge in [-0.05, 0) is 47.1 Å². The molecule has 0 saturated heterocycles. The monoisotopic (exact) mass is 317 g/mol. The van der Waals surface area contributed by atoms with E-state index in [1.54, 1.807) is 14.2 Å². The number of carbonyl (C=O) groups is 2. The first-order chi connectivity index (χ1) is 11.1. The third-order valence-corrected chi connectivity index (χ3v) is 3.44. The van der Waals surface area contributed by atoms with Gasteiger partial charge in [0.05, 0.1) is 7.11 Å². The molecule has 8 nitrogen and oxygen atoms in total. The third kappa shape index (κ3) is 3.85. The highest BCUT2D eigenvalue weighted by molar-refractivity contribution is 6.02. The van der Waals surface area contributed by atoms with Crippen LogP contribution in [0.3, 0.4) is 0 Å². The van der Waals surface area contributed by atoms with Gasteiger partial charge in [0, 0.05) is 13.1 Å². The summed E-state index contributed by atoms with van der Waals surface area (Å²) in [5.41, 5.74) is 4.24. The largest absolute Gasteiger partial charge is 0.497 e. The van der Waals surface area contributed by atoms with Gasteiger partial charge in [0.15, 0.2) is 0 Å². The number of nitrogens with one attached hydrogen (secondary N) is 2. The van der Waals surface area contributed by atoms with E-state index in [0.29, 0.717) is 18.5 Å². The molecule has 1 atom stereocenters. The summed E-state index contributed by atoms with van der Waals surface area (Å²) in [6, 6.07) is 7.49. The van der Waals surface area contributed by atoms with Crippen LogP contribution in [0.15, 0.2) is 40.4 Å². The predicted molar refractivity (Wildman–Crippen MR) is 84.0 cm³/mol. The van der Waals surface area contributed by atoms with Crippen molar-refractivity contribution >= 4 is 17.9 Å². The van der Waals surface area contributed by atoms with Gasteiger partial charge in [0.2, 0.25) is 6.41 Å². The number of amides is 2. The quantitative estimate of drug-likeness (QED) is 0.469. The summed E-state index contributed by atoms with van der Waals surface area (Å²) >= 11 is 0. The molecular weight excluding hydrogens is 298 g/mol. The summed E-state index contributed by atoms with van der Waals surface area (Å²) in [6.07, 6.45) is 1.06. The summed E-state index contributed by atoms with van der Waals surface area (Å²) < 4.78 is 5.16. The number of benzene rings is 1. The lowest BCUT2D eigenvalue weighted by Gasteiger charge is -2.28. The molecule has 0 aliphatic carbocycles. The molecule has 0 fully saturated rings. The average Bonchev–Trinajstić information content (AvgIpc) is 2.54. The number of hydrogen-bond acceptors (Lipinski definition) is 5. The number of likely N-dealkylation sites (N-methyl/N-ethyl adjacent to an activating group) is 1. The Bertz CT molecular complexity index is 639. The van der Waals surface area contributed by atoms with Crippen LogP contribution >= 0.6 is 0 Å². The first kappa shape index (κ1) is 16.5. The van der Waals surface area contributed by atoms with Crippen LogP contribution in [0.1, 0.15) is 18.9 Å². The minimum atomic E-state index is -0.234. The second-order valence-electron chi connectivity index (χ2n) is 5.09. The molecule has 1 aromatic carbocycles. The van der Waals surface area contributed by atoms with E-state index in [1.807, 2.05) is 31.2 Å². The highest BCUT2D eigenvalue weighted by Crippen LogP contribution is 2.30. The zero-order valence-corrected chi connectivity index (χ0v) is 13.2. The van der Waals surface area contributed by atoms with Crippen molar-refractivity contribution in [3.63, 3.8) is 0 Å². The van der Waals surface area contributed by atoms with E-state index in [1.165, 1.54) is 5.01 Å². The van der Waals surface area contributed by atoms with Crippen LogP contribution in [0.25, 0.3) is 5.57 Å². The lowest BCUT2D eigenvalue weighted by molar-refractivity contribution is -0.119. The average molecular weight is 317 g/mol. The van der Waals surface area contributed by atoms with E-state index >= 15 is 0 Å². The van der Waals surface area contributed by atoms with Crippen molar-refractivity contribution in [2.24, 2.45) is 10.4 Å². The molecule has 122 valence electrons. The molecule has 2 rings (SSSR count). The van der Waals surface area contributed by atoms with Crippen molar-refractivity contribution in [1.82, 2.24) is 15.8 Å². The highest BCUT2D eigenvalue weighted by atomic mass is 16.5. The summed E-state index contributed by atoms with van der Waals surface area (Å²) in [5, 5.41) is 11.5. The molecule has 2 amide bonds. The first-order valence-corrected chi connectivity index (χ1v) is 7.08. The van der Waals surface area contributed by atoms with Crippen LogP contribution in [-0.4, -0.2) is 37.5 Å². The van der Waals surface area contributed by atoms with Crippen LogP contribution in [0.2, 0.25) is 0 Å². The van der Waals surface area contributed by atoms with Crippen LogP contribution in [0, 0.1) is 0 Å². The van der Waals surface area contributed by atoms with Crippen LogP contribution in [-0.2, 0) is 9.59 Å². The second-order valence-corrected chi connectivity index (χ2v) is 5.09. The molecule has 0 radical (unpaired) electrons. The van der Waals surface area contributed by atoms with Crippen LogP contribution in [0.5, 0.6) is 5.75 Å². The zero-order chi connectivity index (χ0) is 16.8. The third-order valence-electron chi connectivity index (χ3n) is 3.44. The fourth-order valence-electron chi connectivity index (χ4n) is 2.43. The Kier molecular flexibility index (Phi) is 5.29. The fourth-order valence-corrected chi connectivity index (χ4v) is 2.43. The van der Waals surface area contributed by atoms with Crippen LogP contribution < -0.4 is 15.5 Å². The van der Waals surface area contributed by atoms with E-state index in [2.05, 4.69) is 21.2 Å². The van der Waals surface area contributed by atoms with Gasteiger partial charge in [0.25, 0.3) is 5.91 Å². The summed E-state index contributed by atoms with van der Waals surface area (Å²) in [5.74, 6) is 0.509. The summed E-state index contributed by atoms with van der Waals surface area (Å²) in [4.78, 5) is 22.6. The topological polar surface area (TPSA) is 95.4 Å². The van der Waals surface area contributed by atoms with Crippen molar-refractivity contribution in [1.29, 1.82) is 0 Å².